The summed E-state index contributed by atoms with van der Waals surface area (Å²) in [5.41, 5.74) is -0.444. The fourth-order valence-electron chi connectivity index (χ4n) is 3.84. The lowest BCUT2D eigenvalue weighted by Crippen LogP contribution is -2.49. The molecule has 1 aromatic rings. The van der Waals surface area contributed by atoms with Crippen LogP contribution in [0.2, 0.25) is 0 Å². The normalized spacial score (nSPS) is 29.8. The van der Waals surface area contributed by atoms with Gasteiger partial charge in [0.2, 0.25) is 11.7 Å². The Hall–Kier alpha value is -2.61. The van der Waals surface area contributed by atoms with E-state index < -0.39 is 29.3 Å². The SMILES string of the molecule is O=C(NC1CC2CCC(C1)N2)C1=C(Oc2ccc(F)cc2)N=CC(F)C1=O. The van der Waals surface area contributed by atoms with Crippen LogP contribution in [0.1, 0.15) is 25.7 Å². The van der Waals surface area contributed by atoms with Gasteiger partial charge in [-0.3, -0.25) is 9.59 Å². The predicted molar refractivity (Wildman–Crippen MR) is 93.6 cm³/mol. The predicted octanol–water partition coefficient (Wildman–Crippen LogP) is 1.81. The molecule has 0 aromatic heterocycles. The zero-order valence-electron chi connectivity index (χ0n) is 14.5. The molecule has 2 saturated heterocycles. The van der Waals surface area contributed by atoms with Crippen LogP contribution in [-0.4, -0.2) is 42.2 Å². The van der Waals surface area contributed by atoms with Crippen LogP contribution in [0.25, 0.3) is 0 Å². The van der Waals surface area contributed by atoms with Crippen LogP contribution >= 0.6 is 0 Å². The number of nitrogens with one attached hydrogen (secondary N) is 2. The molecular weight excluding hydrogens is 356 g/mol. The number of ketones is 1. The summed E-state index contributed by atoms with van der Waals surface area (Å²) in [6, 6.07) is 5.64. The molecule has 27 heavy (non-hydrogen) atoms. The molecule has 1 aromatic carbocycles. The van der Waals surface area contributed by atoms with Crippen molar-refractivity contribution in [3.05, 3.63) is 41.5 Å². The summed E-state index contributed by atoms with van der Waals surface area (Å²) in [5, 5.41) is 6.29. The van der Waals surface area contributed by atoms with E-state index in [-0.39, 0.29) is 17.7 Å². The largest absolute Gasteiger partial charge is 0.438 e. The van der Waals surface area contributed by atoms with E-state index in [2.05, 4.69) is 15.6 Å². The Bertz CT molecular complexity index is 810. The number of alkyl halides is 1. The van der Waals surface area contributed by atoms with E-state index in [4.69, 9.17) is 4.74 Å². The smallest absolute Gasteiger partial charge is 0.260 e. The van der Waals surface area contributed by atoms with Crippen LogP contribution in [0, 0.1) is 5.82 Å². The van der Waals surface area contributed by atoms with Gasteiger partial charge in [-0.1, -0.05) is 0 Å². The number of ether oxygens (including phenoxy) is 1. The Balaban J connectivity index is 1.55. The first-order valence-corrected chi connectivity index (χ1v) is 8.96. The van der Waals surface area contributed by atoms with Gasteiger partial charge in [-0.25, -0.2) is 13.8 Å². The van der Waals surface area contributed by atoms with Gasteiger partial charge in [0.15, 0.2) is 6.17 Å². The maximum Gasteiger partial charge on any atom is 0.260 e. The number of Topliss-reactive ketones (excluding diaryl/α,β-unsaturated/α-hetero) is 1. The van der Waals surface area contributed by atoms with Crippen molar-refractivity contribution >= 4 is 17.9 Å². The molecule has 3 heterocycles. The van der Waals surface area contributed by atoms with E-state index in [1.807, 2.05) is 0 Å². The maximum atomic E-state index is 13.8. The van der Waals surface area contributed by atoms with Crippen molar-refractivity contribution < 1.29 is 23.1 Å². The number of benzene rings is 1. The highest BCUT2D eigenvalue weighted by atomic mass is 19.1. The fraction of sp³-hybridized carbons (Fsp3) is 0.421. The van der Waals surface area contributed by atoms with Crippen LogP contribution in [0.15, 0.2) is 40.7 Å². The second-order valence-corrected chi connectivity index (χ2v) is 7.06. The molecule has 0 saturated carbocycles. The van der Waals surface area contributed by atoms with E-state index >= 15 is 0 Å². The van der Waals surface area contributed by atoms with Crippen LogP contribution in [0.3, 0.4) is 0 Å². The third-order valence-corrected chi connectivity index (χ3v) is 5.10. The second-order valence-electron chi connectivity index (χ2n) is 7.06. The number of amides is 1. The molecule has 8 heteroatoms. The highest BCUT2D eigenvalue weighted by Gasteiger charge is 2.38. The number of piperidine rings is 1. The minimum atomic E-state index is -1.99. The van der Waals surface area contributed by atoms with Crippen molar-refractivity contribution in [3.63, 3.8) is 0 Å². The molecule has 142 valence electrons. The quantitative estimate of drug-likeness (QED) is 0.787. The van der Waals surface area contributed by atoms with E-state index in [1.54, 1.807) is 0 Å². The molecule has 0 aliphatic carbocycles. The first-order valence-electron chi connectivity index (χ1n) is 8.96. The van der Waals surface area contributed by atoms with Crippen molar-refractivity contribution in [2.24, 2.45) is 4.99 Å². The van der Waals surface area contributed by atoms with Gasteiger partial charge in [0, 0.05) is 18.1 Å². The average molecular weight is 375 g/mol. The third-order valence-electron chi connectivity index (χ3n) is 5.10. The molecule has 3 atom stereocenters. The number of hydrogen-bond acceptors (Lipinski definition) is 5. The van der Waals surface area contributed by atoms with Gasteiger partial charge in [0.25, 0.3) is 5.91 Å². The Kier molecular flexibility index (Phi) is 4.73. The number of carbonyl (C=O) groups excluding carboxylic acids is 2. The van der Waals surface area contributed by atoms with Crippen molar-refractivity contribution in [3.8, 4) is 5.75 Å². The summed E-state index contributed by atoms with van der Waals surface area (Å²) < 4.78 is 32.3. The van der Waals surface area contributed by atoms with Gasteiger partial charge < -0.3 is 15.4 Å². The molecule has 1 amide bonds. The Morgan fingerprint density at radius 1 is 1.19 bits per heavy atom. The molecule has 4 rings (SSSR count). The molecule has 3 aliphatic rings. The Morgan fingerprint density at radius 2 is 1.85 bits per heavy atom. The van der Waals surface area contributed by atoms with Crippen molar-refractivity contribution in [1.29, 1.82) is 0 Å². The molecule has 0 spiro atoms. The van der Waals surface area contributed by atoms with E-state index in [0.717, 1.165) is 31.9 Å². The third kappa shape index (κ3) is 3.75. The van der Waals surface area contributed by atoms with E-state index in [9.17, 15) is 18.4 Å². The minimum absolute atomic E-state index is 0.0902. The number of nitrogens with zero attached hydrogens (tertiary/aromatic N) is 1. The number of fused-ring (bicyclic) bond motifs is 2. The van der Waals surface area contributed by atoms with Gasteiger partial charge in [-0.15, -0.1) is 0 Å². The zero-order chi connectivity index (χ0) is 19.0. The standard InChI is InChI=1S/C19H19F2N3O3/c20-10-1-5-14(6-2-10)27-19-16(17(25)15(21)9-22-19)18(26)24-13-7-11-3-4-12(8-13)23-11/h1-2,5-6,9,11-13,15,23H,3-4,7-8H2,(H,24,26). The minimum Gasteiger partial charge on any atom is -0.438 e. The molecule has 3 aliphatic heterocycles. The fourth-order valence-corrected chi connectivity index (χ4v) is 3.84. The molecular formula is C19H19F2N3O3. The van der Waals surface area contributed by atoms with Crippen LogP contribution < -0.4 is 15.4 Å². The van der Waals surface area contributed by atoms with Crippen LogP contribution in [0.4, 0.5) is 8.78 Å². The summed E-state index contributed by atoms with van der Waals surface area (Å²) in [4.78, 5) is 28.8. The van der Waals surface area contributed by atoms with Gasteiger partial charge in [0.05, 0.1) is 6.21 Å². The summed E-state index contributed by atoms with van der Waals surface area (Å²) in [6.45, 7) is 0. The summed E-state index contributed by atoms with van der Waals surface area (Å²) >= 11 is 0. The molecule has 3 unspecified atom stereocenters. The molecule has 0 radical (unpaired) electrons. The lowest BCUT2D eigenvalue weighted by Gasteiger charge is -2.30. The monoisotopic (exact) mass is 375 g/mol. The van der Waals surface area contributed by atoms with E-state index in [1.165, 1.54) is 24.3 Å². The topological polar surface area (TPSA) is 79.8 Å². The van der Waals surface area contributed by atoms with Gasteiger partial charge in [-0.2, -0.15) is 0 Å². The van der Waals surface area contributed by atoms with Crippen molar-refractivity contribution in [2.45, 2.75) is 50.0 Å². The number of rotatable bonds is 4. The number of carbonyl (C=O) groups is 2. The zero-order valence-corrected chi connectivity index (χ0v) is 14.5. The number of hydrogen-bond donors (Lipinski definition) is 2. The van der Waals surface area contributed by atoms with Crippen molar-refractivity contribution in [1.82, 2.24) is 10.6 Å². The highest BCUT2D eigenvalue weighted by molar-refractivity contribution is 6.26. The van der Waals surface area contributed by atoms with Crippen LogP contribution in [-0.2, 0) is 9.59 Å². The molecule has 6 nitrogen and oxygen atoms in total. The molecule has 2 bridgehead atoms. The first-order chi connectivity index (χ1) is 13.0. The van der Waals surface area contributed by atoms with Crippen molar-refractivity contribution in [2.75, 3.05) is 0 Å². The lowest BCUT2D eigenvalue weighted by molar-refractivity contribution is -0.124. The molecule has 2 fully saturated rings. The highest BCUT2D eigenvalue weighted by Crippen LogP contribution is 2.28. The summed E-state index contributed by atoms with van der Waals surface area (Å²) in [7, 11) is 0. The van der Waals surface area contributed by atoms with Gasteiger partial charge >= 0.3 is 0 Å². The maximum absolute atomic E-state index is 13.8. The Morgan fingerprint density at radius 3 is 2.52 bits per heavy atom. The van der Waals surface area contributed by atoms with Gasteiger partial charge in [-0.05, 0) is 49.9 Å². The first kappa shape index (κ1) is 17.8. The van der Waals surface area contributed by atoms with E-state index in [0.29, 0.717) is 12.1 Å². The number of halogens is 2. The molecule has 2 N–H and O–H groups in total. The van der Waals surface area contributed by atoms with Crippen LogP contribution in [0.5, 0.6) is 5.75 Å². The average Bonchev–Trinajstić information content (AvgIpc) is 2.98. The lowest BCUT2D eigenvalue weighted by atomic mass is 9.98. The van der Waals surface area contributed by atoms with Gasteiger partial charge in [0.1, 0.15) is 17.1 Å². The second kappa shape index (κ2) is 7.19. The number of aliphatic imine (C=N–C) groups is 1. The summed E-state index contributed by atoms with van der Waals surface area (Å²) in [5.74, 6) is -2.23. The Labute approximate surface area is 154 Å². The summed E-state index contributed by atoms with van der Waals surface area (Å²) in [6.07, 6.45) is 2.46.